The van der Waals surface area contributed by atoms with E-state index >= 15 is 17.6 Å². The molecule has 13 heterocycles. The molecule has 0 amide bonds. The SMILES string of the molecule is N=C(N1CCCN(C(=N)N2CCN(c3ccc4c(=O)c(C(=O)O)cn(-c5ccc(F)cc5F)c4n3)CC2)CCN(C(=N)N2CCN(c3ccc4c(=O)c(C(=O)O)cn(-c5ccc(F)cc5F)c4n3)CC2)CCCN(C(=N)N2CCN(c3ccc4c(=O)c(C(=O)O)cn(-c5ccc(F)cc5F)c4n3)CC2)CC1)N1CCN(c2ccc3c(=O)c(C(=O)O)cn(-c4ccc(F)cc4F)c3n2)CC1. The Kier molecular flexibility index (Phi) is 24.9. The Bertz CT molecular complexity index is 6270. The fourth-order valence-corrected chi connectivity index (χ4v) is 17.6. The number of carbonyl (C=O) groups is 4. The van der Waals surface area contributed by atoms with Gasteiger partial charge in [0.1, 0.15) is 92.1 Å². The third kappa shape index (κ3) is 17.7. The summed E-state index contributed by atoms with van der Waals surface area (Å²) >= 11 is 0. The van der Waals surface area contributed by atoms with Gasteiger partial charge in [-0.2, -0.15) is 0 Å². The second kappa shape index (κ2) is 37.1. The number of guanidine groups is 4. The Morgan fingerprint density at radius 2 is 0.433 bits per heavy atom. The first-order valence-electron chi connectivity index (χ1n) is 42.7. The molecule has 0 atom stereocenters. The summed E-state index contributed by atoms with van der Waals surface area (Å²) < 4.78 is 124. The highest BCUT2D eigenvalue weighted by Crippen LogP contribution is 2.32. The number of hydrogen-bond donors (Lipinski definition) is 8. The van der Waals surface area contributed by atoms with Crippen LogP contribution in [0.2, 0.25) is 0 Å². The molecule has 0 bridgehead atoms. The van der Waals surface area contributed by atoms with Crippen molar-refractivity contribution in [2.75, 3.05) is 177 Å². The van der Waals surface area contributed by atoms with Gasteiger partial charge in [-0.05, 0) is 110 Å². The zero-order valence-electron chi connectivity index (χ0n) is 71.3. The van der Waals surface area contributed by atoms with Crippen LogP contribution in [0.3, 0.4) is 0 Å². The zero-order chi connectivity index (χ0) is 94.5. The van der Waals surface area contributed by atoms with Gasteiger partial charge in [0.2, 0.25) is 21.7 Å². The Labute approximate surface area is 753 Å². The van der Waals surface area contributed by atoms with Crippen molar-refractivity contribution in [1.29, 1.82) is 21.6 Å². The third-order valence-corrected chi connectivity index (χ3v) is 24.7. The Morgan fingerprint density at radius 1 is 0.254 bits per heavy atom. The fourth-order valence-electron chi connectivity index (χ4n) is 17.6. The first-order chi connectivity index (χ1) is 64.3. The Balaban J connectivity index is 0.663. The van der Waals surface area contributed by atoms with Gasteiger partial charge in [-0.3, -0.25) is 59.1 Å². The highest BCUT2D eigenvalue weighted by molar-refractivity contribution is 5.96. The Morgan fingerprint density at radius 3 is 0.612 bits per heavy atom. The topological polar surface area (TPSA) is 423 Å². The smallest absolute Gasteiger partial charge is 0.341 e. The molecule has 8 aromatic heterocycles. The van der Waals surface area contributed by atoms with E-state index in [-0.39, 0.29) is 248 Å². The largest absolute Gasteiger partial charge is 0.477 e. The molecular weight excluding hydrogens is 1760 g/mol. The van der Waals surface area contributed by atoms with E-state index in [1.165, 1.54) is 48.5 Å². The molecule has 0 saturated carbocycles. The number of carboxylic acid groups (broad SMARTS) is 4. The molecule has 5 aliphatic heterocycles. The van der Waals surface area contributed by atoms with E-state index in [9.17, 15) is 98.0 Å². The number of anilines is 4. The van der Waals surface area contributed by atoms with Crippen LogP contribution >= 0.6 is 0 Å². The van der Waals surface area contributed by atoms with Crippen LogP contribution in [0.15, 0.2) is 165 Å². The lowest BCUT2D eigenvalue weighted by Gasteiger charge is -2.43. The third-order valence-electron chi connectivity index (χ3n) is 24.7. The molecule has 12 aromatic rings. The highest BCUT2D eigenvalue weighted by Gasteiger charge is 2.35. The van der Waals surface area contributed by atoms with Gasteiger partial charge < -0.3 is 79.2 Å². The highest BCUT2D eigenvalue weighted by atomic mass is 19.2. The molecule has 5 saturated heterocycles. The van der Waals surface area contributed by atoms with Crippen LogP contribution in [0.25, 0.3) is 66.9 Å². The summed E-state index contributed by atoms with van der Waals surface area (Å²) in [6, 6.07) is 22.4. The first-order valence-corrected chi connectivity index (χ1v) is 42.7. The molecule has 0 spiro atoms. The predicted octanol–water partition coefficient (Wildman–Crippen LogP) is 7.72. The maximum atomic E-state index is 15.6. The second-order valence-corrected chi connectivity index (χ2v) is 32.6. The fraction of sp³-hybridized carbons (Fsp3) is 0.289. The summed E-state index contributed by atoms with van der Waals surface area (Å²) in [4.78, 5) is 146. The van der Waals surface area contributed by atoms with Crippen LogP contribution in [0.4, 0.5) is 58.4 Å². The number of halogens is 8. The van der Waals surface area contributed by atoms with Crippen molar-refractivity contribution in [2.45, 2.75) is 12.8 Å². The molecule has 8 N–H and O–H groups in total. The number of nitrogens with one attached hydrogen (secondary N) is 4. The standard InChI is InChI=1S/C90H84F8N24O12/c91-51-3-11-67(63(95)43-51)119-47-59(83(127)128)75(123)55-7-15-71(103-79(55)119)107-23-31-115(32-24-107)87(99)111-19-1-20-112(88(100)116-33-25-108(26-34-116)72-16-8-56-76(124)60(84(129)130)48-120(80(56)104-72)68-12-4-52(92)44-64(68)96)40-42-114(90(102)118-37-29-110(30-38-118)74-18-10-58-78(126)62(86(133)134)50-122(82(58)106-74)70-14-6-54(94)46-66(70)98)22-2-21-113(41-39-111)89(101)117-35-27-109(28-36-117)73-17-9-57-77(125)61(85(131)132)49-121(81(57)105-73)69-13-5-53(93)45-65(69)97/h3-18,43-50,99-102H,1-2,19-42H2,(H,127,128)(H,129,130)(H,131,132)(H,133,134). The van der Waals surface area contributed by atoms with E-state index in [0.717, 1.165) is 91.6 Å². The van der Waals surface area contributed by atoms with E-state index in [1.807, 2.05) is 58.8 Å². The zero-order valence-corrected chi connectivity index (χ0v) is 71.3. The summed E-state index contributed by atoms with van der Waals surface area (Å²) in [5.74, 6) is -12.5. The maximum Gasteiger partial charge on any atom is 0.341 e. The number of benzene rings is 4. The van der Waals surface area contributed by atoms with Crippen LogP contribution in [0.5, 0.6) is 0 Å². The normalized spacial score (nSPS) is 15.9. The van der Waals surface area contributed by atoms with E-state index in [4.69, 9.17) is 19.9 Å². The van der Waals surface area contributed by atoms with E-state index in [2.05, 4.69) is 0 Å². The summed E-state index contributed by atoms with van der Waals surface area (Å²) in [6.07, 6.45) is 4.36. The van der Waals surface area contributed by atoms with Gasteiger partial charge >= 0.3 is 23.9 Å². The molecule has 4 aromatic carbocycles. The molecule has 692 valence electrons. The van der Waals surface area contributed by atoms with Crippen molar-refractivity contribution < 1.29 is 74.7 Å². The number of rotatable bonds is 12. The lowest BCUT2D eigenvalue weighted by molar-refractivity contribution is 0.0684. The quantitative estimate of drug-likeness (QED) is 0.0329. The summed E-state index contributed by atoms with van der Waals surface area (Å²) in [5, 5.41) is 80.2. The van der Waals surface area contributed by atoms with Crippen molar-refractivity contribution in [3.8, 4) is 22.7 Å². The number of hydrogen-bond acceptors (Lipinski definition) is 20. The Hall–Kier alpha value is -16.1. The van der Waals surface area contributed by atoms with Crippen molar-refractivity contribution in [3.63, 3.8) is 0 Å². The average Bonchev–Trinajstić information content (AvgIpc) is 0.767. The van der Waals surface area contributed by atoms with Gasteiger partial charge in [-0.1, -0.05) is 0 Å². The predicted molar refractivity (Wildman–Crippen MR) is 478 cm³/mol. The average molecular weight is 1850 g/mol. The number of aromatic carboxylic acids is 4. The number of fused-ring (bicyclic) bond motifs is 4. The molecule has 134 heavy (non-hydrogen) atoms. The summed E-state index contributed by atoms with van der Waals surface area (Å²) in [7, 11) is 0. The minimum Gasteiger partial charge on any atom is -0.477 e. The van der Waals surface area contributed by atoms with Gasteiger partial charge in [0.25, 0.3) is 0 Å². The van der Waals surface area contributed by atoms with E-state index in [1.54, 1.807) is 0 Å². The lowest BCUT2D eigenvalue weighted by atomic mass is 10.1. The van der Waals surface area contributed by atoms with Crippen LogP contribution < -0.4 is 41.3 Å². The maximum absolute atomic E-state index is 15.6. The van der Waals surface area contributed by atoms with Gasteiger partial charge in [0, 0.05) is 206 Å². The molecule has 0 aliphatic carbocycles. The van der Waals surface area contributed by atoms with Gasteiger partial charge in [0.05, 0.1) is 44.3 Å². The summed E-state index contributed by atoms with van der Waals surface area (Å²) in [6.45, 7) is 5.05. The molecule has 5 aliphatic rings. The molecule has 5 fully saturated rings. The number of aromatic nitrogens is 8. The van der Waals surface area contributed by atoms with Crippen molar-refractivity contribution >= 4 is 115 Å². The summed E-state index contributed by atoms with van der Waals surface area (Å²) in [5.41, 5.74) is -7.81. The number of carboxylic acids is 4. The van der Waals surface area contributed by atoms with Crippen LogP contribution in [-0.2, 0) is 0 Å². The van der Waals surface area contributed by atoms with E-state index in [0.29, 0.717) is 60.4 Å². The number of piperazine rings is 4. The van der Waals surface area contributed by atoms with Crippen LogP contribution in [-0.4, -0.2) is 303 Å². The lowest BCUT2D eigenvalue weighted by Crippen LogP contribution is -2.58. The minimum absolute atomic E-state index is 0.105. The van der Waals surface area contributed by atoms with Crippen LogP contribution in [0.1, 0.15) is 54.3 Å². The van der Waals surface area contributed by atoms with Gasteiger partial charge in [-0.25, -0.2) is 74.2 Å². The molecule has 0 radical (unpaired) electrons. The van der Waals surface area contributed by atoms with Crippen molar-refractivity contribution in [3.05, 3.63) is 256 Å². The number of nitrogens with zero attached hydrogens (tertiary/aromatic N) is 20. The van der Waals surface area contributed by atoms with Gasteiger partial charge in [0.15, 0.2) is 46.4 Å². The van der Waals surface area contributed by atoms with Crippen molar-refractivity contribution in [1.82, 2.24) is 77.4 Å². The van der Waals surface area contributed by atoms with Crippen molar-refractivity contribution in [2.24, 2.45) is 0 Å². The molecular formula is C90H84F8N24O12. The first kappa shape index (κ1) is 89.9. The van der Waals surface area contributed by atoms with Gasteiger partial charge in [-0.15, -0.1) is 0 Å². The molecule has 44 heteroatoms. The van der Waals surface area contributed by atoms with Crippen LogP contribution in [0, 0.1) is 68.2 Å². The number of pyridine rings is 8. The minimum atomic E-state index is -1.58. The van der Waals surface area contributed by atoms with E-state index < -0.39 is 114 Å². The monoisotopic (exact) mass is 1840 g/mol. The second-order valence-electron chi connectivity index (χ2n) is 32.6. The molecule has 36 nitrogen and oxygen atoms in total. The molecule has 17 rings (SSSR count). The molecule has 0 unspecified atom stereocenters.